The molecule has 0 N–H and O–H groups in total. The Kier molecular flexibility index (Phi) is 5.24. The smallest absolute Gasteiger partial charge is 0.167 e. The molecule has 0 bridgehead atoms. The zero-order chi connectivity index (χ0) is 20.7. The van der Waals surface area contributed by atoms with E-state index < -0.39 is 9.73 Å². The lowest BCUT2D eigenvalue weighted by molar-refractivity contribution is 0.0985. The number of pyridine rings is 1. The Balaban J connectivity index is 1.66. The minimum absolute atomic E-state index is 0.187. The van der Waals surface area contributed by atoms with Gasteiger partial charge in [-0.1, -0.05) is 11.6 Å². The monoisotopic (exact) mass is 445 g/mol. The van der Waals surface area contributed by atoms with Gasteiger partial charge in [-0.25, -0.2) is 14.2 Å². The predicted molar refractivity (Wildman–Crippen MR) is 120 cm³/mol. The zero-order valence-corrected chi connectivity index (χ0v) is 18.5. The fourth-order valence-corrected chi connectivity index (χ4v) is 6.57. The van der Waals surface area contributed by atoms with E-state index >= 15 is 0 Å². The average molecular weight is 446 g/mol. The lowest BCUT2D eigenvalue weighted by atomic mass is 10.1. The summed E-state index contributed by atoms with van der Waals surface area (Å²) in [6.45, 7) is 4.15. The van der Waals surface area contributed by atoms with Crippen LogP contribution in [0.5, 0.6) is 0 Å². The van der Waals surface area contributed by atoms with Gasteiger partial charge < -0.3 is 9.64 Å². The van der Waals surface area contributed by atoms with Crippen LogP contribution in [0.1, 0.15) is 31.0 Å². The maximum Gasteiger partial charge on any atom is 0.167 e. The van der Waals surface area contributed by atoms with E-state index in [1.54, 1.807) is 6.20 Å². The quantitative estimate of drug-likeness (QED) is 0.714. The van der Waals surface area contributed by atoms with Gasteiger partial charge in [-0.2, -0.15) is 4.36 Å². The third-order valence-electron chi connectivity index (χ3n) is 5.75. The van der Waals surface area contributed by atoms with Crippen molar-refractivity contribution in [2.24, 2.45) is 4.36 Å². The minimum atomic E-state index is -2.24. The van der Waals surface area contributed by atoms with Gasteiger partial charge in [0.05, 0.1) is 34.7 Å². The number of morpholine rings is 1. The predicted octanol–water partition coefficient (Wildman–Crippen LogP) is 3.79. The molecule has 0 amide bonds. The largest absolute Gasteiger partial charge is 0.377 e. The molecule has 1 aliphatic carbocycles. The topological polar surface area (TPSA) is 80.6 Å². The Morgan fingerprint density at radius 2 is 2.13 bits per heavy atom. The summed E-state index contributed by atoms with van der Waals surface area (Å²) >= 11 is 6.27. The highest BCUT2D eigenvalue weighted by atomic mass is 35.5. The molecule has 1 atom stereocenters. The molecule has 2 aliphatic heterocycles. The Morgan fingerprint density at radius 1 is 1.30 bits per heavy atom. The summed E-state index contributed by atoms with van der Waals surface area (Å²) in [5.41, 5.74) is 2.74. The number of aromatic nitrogens is 3. The van der Waals surface area contributed by atoms with Crippen molar-refractivity contribution in [1.29, 1.82) is 0 Å². The highest BCUT2D eigenvalue weighted by molar-refractivity contribution is 7.93. The van der Waals surface area contributed by atoms with Gasteiger partial charge in [0, 0.05) is 52.9 Å². The summed E-state index contributed by atoms with van der Waals surface area (Å²) < 4.78 is 23.3. The van der Waals surface area contributed by atoms with Gasteiger partial charge in [-0.15, -0.1) is 0 Å². The summed E-state index contributed by atoms with van der Waals surface area (Å²) in [7, 11) is -2.24. The molecule has 4 heterocycles. The standard InChI is InChI=1S/C21H24ClN5O2S/c1-14-13-29-7-6-27(14)20-12-19(26-30(28)8-2-3-9-30)24-21(25-20)16-4-5-23-18-11-15(22)10-17(16)18/h4-5,10,12,14H,2-3,6-9,11,13H2,1H3/t14-/m1/s1. The summed E-state index contributed by atoms with van der Waals surface area (Å²) in [5, 5.41) is 0.752. The van der Waals surface area contributed by atoms with Gasteiger partial charge in [-0.3, -0.25) is 4.98 Å². The van der Waals surface area contributed by atoms with E-state index in [1.807, 2.05) is 18.2 Å². The second-order valence-electron chi connectivity index (χ2n) is 7.99. The van der Waals surface area contributed by atoms with Gasteiger partial charge >= 0.3 is 0 Å². The van der Waals surface area contributed by atoms with Crippen LogP contribution in [0.15, 0.2) is 27.7 Å². The molecule has 0 unspecified atom stereocenters. The molecule has 2 aromatic heterocycles. The molecular formula is C21H24ClN5O2S. The number of anilines is 1. The minimum Gasteiger partial charge on any atom is -0.377 e. The number of hydrogen-bond acceptors (Lipinski definition) is 7. The Morgan fingerprint density at radius 3 is 2.93 bits per heavy atom. The van der Waals surface area contributed by atoms with Crippen molar-refractivity contribution in [3.8, 4) is 11.4 Å². The van der Waals surface area contributed by atoms with Crippen molar-refractivity contribution < 1.29 is 8.95 Å². The van der Waals surface area contributed by atoms with Crippen molar-refractivity contribution in [1.82, 2.24) is 15.0 Å². The molecule has 158 valence electrons. The molecule has 5 rings (SSSR count). The Hall–Kier alpha value is -2.03. The number of halogens is 1. The molecule has 0 radical (unpaired) electrons. The van der Waals surface area contributed by atoms with Crippen LogP contribution in [-0.2, 0) is 20.9 Å². The highest BCUT2D eigenvalue weighted by Gasteiger charge is 2.25. The van der Waals surface area contributed by atoms with Crippen LogP contribution in [-0.4, -0.2) is 56.5 Å². The van der Waals surface area contributed by atoms with E-state index in [1.165, 1.54) is 0 Å². The van der Waals surface area contributed by atoms with E-state index in [0.29, 0.717) is 42.8 Å². The maximum atomic E-state index is 13.1. The molecule has 0 aromatic carbocycles. The second-order valence-corrected chi connectivity index (χ2v) is 11.0. The SMILES string of the molecule is C[C@@H]1COCCN1c1cc(N=S2(=O)CCCC2)nc(-c2ccnc3c2C=C(Cl)C3)n1. The average Bonchev–Trinajstić information content (AvgIpc) is 3.32. The molecule has 0 saturated carbocycles. The van der Waals surface area contributed by atoms with Crippen molar-refractivity contribution in [2.75, 3.05) is 36.2 Å². The van der Waals surface area contributed by atoms with Crippen molar-refractivity contribution in [3.63, 3.8) is 0 Å². The van der Waals surface area contributed by atoms with Gasteiger partial charge in [0.1, 0.15) is 5.82 Å². The lowest BCUT2D eigenvalue weighted by Crippen LogP contribution is -2.44. The fourth-order valence-electron chi connectivity index (χ4n) is 4.20. The van der Waals surface area contributed by atoms with Gasteiger partial charge in [0.15, 0.2) is 11.6 Å². The third-order valence-corrected chi connectivity index (χ3v) is 8.36. The van der Waals surface area contributed by atoms with Gasteiger partial charge in [0.2, 0.25) is 0 Å². The van der Waals surface area contributed by atoms with Crippen molar-refractivity contribution >= 4 is 39.0 Å². The second kappa shape index (κ2) is 7.90. The molecule has 30 heavy (non-hydrogen) atoms. The van der Waals surface area contributed by atoms with Crippen LogP contribution in [0.3, 0.4) is 0 Å². The van der Waals surface area contributed by atoms with Gasteiger partial charge in [0.25, 0.3) is 0 Å². The third kappa shape index (κ3) is 3.84. The van der Waals surface area contributed by atoms with Crippen LogP contribution in [0, 0.1) is 0 Å². The van der Waals surface area contributed by atoms with E-state index in [0.717, 1.165) is 47.1 Å². The number of ether oxygens (including phenoxy) is 1. The first-order valence-corrected chi connectivity index (χ1v) is 12.5. The number of rotatable bonds is 3. The molecule has 9 heteroatoms. The maximum absolute atomic E-state index is 13.1. The first-order valence-electron chi connectivity index (χ1n) is 10.3. The zero-order valence-electron chi connectivity index (χ0n) is 16.9. The Bertz CT molecular complexity index is 1130. The summed E-state index contributed by atoms with van der Waals surface area (Å²) in [5.74, 6) is 3.11. The molecule has 2 saturated heterocycles. The molecule has 3 aliphatic rings. The normalized spacial score (nSPS) is 22.7. The number of allylic oxidation sites excluding steroid dienone is 1. The molecule has 0 spiro atoms. The van der Waals surface area contributed by atoms with Crippen LogP contribution in [0.4, 0.5) is 11.6 Å². The number of nitrogens with zero attached hydrogens (tertiary/aromatic N) is 5. The highest BCUT2D eigenvalue weighted by Crippen LogP contribution is 2.35. The van der Waals surface area contributed by atoms with Crippen LogP contribution >= 0.6 is 11.6 Å². The fraction of sp³-hybridized carbons (Fsp3) is 0.476. The van der Waals surface area contributed by atoms with Crippen LogP contribution < -0.4 is 4.90 Å². The van der Waals surface area contributed by atoms with Crippen molar-refractivity contribution in [2.45, 2.75) is 32.2 Å². The number of fused-ring (bicyclic) bond motifs is 1. The van der Waals surface area contributed by atoms with Crippen molar-refractivity contribution in [3.05, 3.63) is 34.6 Å². The van der Waals surface area contributed by atoms with E-state index in [4.69, 9.17) is 26.3 Å². The number of hydrogen-bond donors (Lipinski definition) is 0. The molecule has 7 nitrogen and oxygen atoms in total. The van der Waals surface area contributed by atoms with E-state index in [2.05, 4.69) is 21.2 Å². The summed E-state index contributed by atoms with van der Waals surface area (Å²) in [6, 6.07) is 3.96. The molecule has 2 fully saturated rings. The molecule has 2 aromatic rings. The van der Waals surface area contributed by atoms with Crippen LogP contribution in [0.2, 0.25) is 0 Å². The summed E-state index contributed by atoms with van der Waals surface area (Å²) in [6.07, 6.45) is 6.22. The van der Waals surface area contributed by atoms with Gasteiger partial charge in [-0.05, 0) is 31.9 Å². The Labute approximate surface area is 181 Å². The molecular weight excluding hydrogens is 422 g/mol. The first-order chi connectivity index (χ1) is 14.5. The summed E-state index contributed by atoms with van der Waals surface area (Å²) in [4.78, 5) is 16.3. The lowest BCUT2D eigenvalue weighted by Gasteiger charge is -2.34. The van der Waals surface area contributed by atoms with E-state index in [-0.39, 0.29) is 6.04 Å². The first kappa shape index (κ1) is 19.9. The van der Waals surface area contributed by atoms with Crippen LogP contribution in [0.25, 0.3) is 17.5 Å². The van der Waals surface area contributed by atoms with E-state index in [9.17, 15) is 4.21 Å².